The van der Waals surface area contributed by atoms with Gasteiger partial charge in [-0.1, -0.05) is 0 Å². The maximum Gasteiger partial charge on any atom is 0.186 e. The summed E-state index contributed by atoms with van der Waals surface area (Å²) in [4.78, 5) is 7.91. The monoisotopic (exact) mass is 229 g/mol. The summed E-state index contributed by atoms with van der Waals surface area (Å²) in [5, 5.41) is 7.52. The standard InChI is InChI=1S/C11H8FN5/c12-7-3-1-6(2-4-7)9-8-10(13)14-5-15-11(8)17-16-9/h1-5H,(H3,13,14,15,16,17). The van der Waals surface area contributed by atoms with Gasteiger partial charge in [0.05, 0.1) is 11.1 Å². The van der Waals surface area contributed by atoms with Crippen molar-refractivity contribution in [2.45, 2.75) is 0 Å². The molecule has 0 saturated heterocycles. The molecule has 0 aliphatic heterocycles. The van der Waals surface area contributed by atoms with E-state index in [1.165, 1.54) is 18.5 Å². The number of H-pyrrole nitrogens is 1. The zero-order chi connectivity index (χ0) is 11.8. The van der Waals surface area contributed by atoms with E-state index >= 15 is 0 Å². The van der Waals surface area contributed by atoms with E-state index in [2.05, 4.69) is 20.2 Å². The molecule has 0 aliphatic carbocycles. The van der Waals surface area contributed by atoms with Crippen LogP contribution in [0.2, 0.25) is 0 Å². The second-order valence-corrected chi connectivity index (χ2v) is 3.56. The van der Waals surface area contributed by atoms with E-state index < -0.39 is 0 Å². The van der Waals surface area contributed by atoms with Crippen molar-refractivity contribution in [1.82, 2.24) is 20.2 Å². The molecule has 3 N–H and O–H groups in total. The minimum atomic E-state index is -0.290. The minimum Gasteiger partial charge on any atom is -0.383 e. The Labute approximate surface area is 95.5 Å². The number of nitrogens with two attached hydrogens (primary N) is 1. The summed E-state index contributed by atoms with van der Waals surface area (Å²) in [5.41, 5.74) is 7.76. The fraction of sp³-hybridized carbons (Fsp3) is 0. The zero-order valence-electron chi connectivity index (χ0n) is 8.68. The second-order valence-electron chi connectivity index (χ2n) is 3.56. The smallest absolute Gasteiger partial charge is 0.186 e. The largest absolute Gasteiger partial charge is 0.383 e. The van der Waals surface area contributed by atoms with Crippen LogP contribution in [0.15, 0.2) is 30.6 Å². The normalized spacial score (nSPS) is 10.9. The molecule has 0 fully saturated rings. The highest BCUT2D eigenvalue weighted by atomic mass is 19.1. The van der Waals surface area contributed by atoms with Gasteiger partial charge in [-0.05, 0) is 24.3 Å². The Morgan fingerprint density at radius 1 is 1.12 bits per heavy atom. The number of fused-ring (bicyclic) bond motifs is 1. The van der Waals surface area contributed by atoms with Gasteiger partial charge in [0.2, 0.25) is 0 Å². The lowest BCUT2D eigenvalue weighted by Crippen LogP contribution is -1.92. The Balaban J connectivity index is 2.27. The molecule has 6 heteroatoms. The molecule has 0 unspecified atom stereocenters. The Kier molecular flexibility index (Phi) is 2.01. The minimum absolute atomic E-state index is 0.290. The molecular formula is C11H8FN5. The van der Waals surface area contributed by atoms with Crippen molar-refractivity contribution < 1.29 is 4.39 Å². The van der Waals surface area contributed by atoms with Gasteiger partial charge in [-0.3, -0.25) is 5.10 Å². The van der Waals surface area contributed by atoms with E-state index in [1.807, 2.05) is 0 Å². The van der Waals surface area contributed by atoms with E-state index in [9.17, 15) is 4.39 Å². The van der Waals surface area contributed by atoms with Crippen LogP contribution in [0.5, 0.6) is 0 Å². The van der Waals surface area contributed by atoms with Crippen molar-refractivity contribution in [3.63, 3.8) is 0 Å². The van der Waals surface area contributed by atoms with Crippen molar-refractivity contribution in [1.29, 1.82) is 0 Å². The SMILES string of the molecule is Nc1ncnc2n[nH]c(-c3ccc(F)cc3)c12. The quantitative estimate of drug-likeness (QED) is 0.666. The van der Waals surface area contributed by atoms with Crippen LogP contribution in [0.3, 0.4) is 0 Å². The van der Waals surface area contributed by atoms with Crippen molar-refractivity contribution in [3.05, 3.63) is 36.4 Å². The van der Waals surface area contributed by atoms with Gasteiger partial charge in [0.1, 0.15) is 18.0 Å². The molecule has 0 bridgehead atoms. The molecule has 0 atom stereocenters. The molecule has 84 valence electrons. The van der Waals surface area contributed by atoms with Gasteiger partial charge >= 0.3 is 0 Å². The number of anilines is 1. The van der Waals surface area contributed by atoms with E-state index in [4.69, 9.17) is 5.73 Å². The molecular weight excluding hydrogens is 221 g/mol. The number of aromatic amines is 1. The van der Waals surface area contributed by atoms with Crippen LogP contribution in [-0.2, 0) is 0 Å². The molecule has 5 nitrogen and oxygen atoms in total. The molecule has 0 radical (unpaired) electrons. The third kappa shape index (κ3) is 1.50. The van der Waals surface area contributed by atoms with Crippen LogP contribution in [0.4, 0.5) is 10.2 Å². The number of halogens is 1. The number of nitrogen functional groups attached to an aromatic ring is 1. The first kappa shape index (κ1) is 9.71. The molecule has 3 aromatic rings. The lowest BCUT2D eigenvalue weighted by Gasteiger charge is -1.99. The highest BCUT2D eigenvalue weighted by molar-refractivity contribution is 5.97. The maximum absolute atomic E-state index is 12.8. The summed E-state index contributed by atoms with van der Waals surface area (Å²) in [6.45, 7) is 0. The van der Waals surface area contributed by atoms with Crippen LogP contribution in [0.1, 0.15) is 0 Å². The van der Waals surface area contributed by atoms with Crippen LogP contribution in [0.25, 0.3) is 22.3 Å². The Hall–Kier alpha value is -2.50. The molecule has 3 rings (SSSR count). The van der Waals surface area contributed by atoms with Crippen molar-refractivity contribution in [2.75, 3.05) is 5.73 Å². The van der Waals surface area contributed by atoms with Gasteiger partial charge in [0.25, 0.3) is 0 Å². The molecule has 17 heavy (non-hydrogen) atoms. The second kappa shape index (κ2) is 3.51. The topological polar surface area (TPSA) is 80.5 Å². The Bertz CT molecular complexity index is 674. The molecule has 2 aromatic heterocycles. The van der Waals surface area contributed by atoms with Gasteiger partial charge in [-0.15, -0.1) is 0 Å². The van der Waals surface area contributed by atoms with Gasteiger partial charge < -0.3 is 5.73 Å². The van der Waals surface area contributed by atoms with E-state index in [0.717, 1.165) is 5.56 Å². The van der Waals surface area contributed by atoms with E-state index in [-0.39, 0.29) is 5.82 Å². The highest BCUT2D eigenvalue weighted by Gasteiger charge is 2.11. The molecule has 0 aliphatic rings. The highest BCUT2D eigenvalue weighted by Crippen LogP contribution is 2.27. The van der Waals surface area contributed by atoms with Crippen LogP contribution >= 0.6 is 0 Å². The molecule has 1 aromatic carbocycles. The van der Waals surface area contributed by atoms with Crippen molar-refractivity contribution >= 4 is 16.9 Å². The number of nitrogens with one attached hydrogen (secondary N) is 1. The number of rotatable bonds is 1. The molecule has 0 spiro atoms. The van der Waals surface area contributed by atoms with Gasteiger partial charge in [-0.25, -0.2) is 14.4 Å². The summed E-state index contributed by atoms with van der Waals surface area (Å²) >= 11 is 0. The number of nitrogens with zero attached hydrogens (tertiary/aromatic N) is 3. The molecule has 0 amide bonds. The molecule has 2 heterocycles. The first-order valence-corrected chi connectivity index (χ1v) is 4.96. The Morgan fingerprint density at radius 3 is 2.65 bits per heavy atom. The summed E-state index contributed by atoms with van der Waals surface area (Å²) in [6.07, 6.45) is 1.35. The number of hydrogen-bond acceptors (Lipinski definition) is 4. The Morgan fingerprint density at radius 2 is 1.88 bits per heavy atom. The first-order chi connectivity index (χ1) is 8.25. The zero-order valence-corrected chi connectivity index (χ0v) is 8.68. The fourth-order valence-electron chi connectivity index (χ4n) is 1.70. The predicted molar refractivity (Wildman–Crippen MR) is 61.5 cm³/mol. The third-order valence-electron chi connectivity index (χ3n) is 2.51. The first-order valence-electron chi connectivity index (χ1n) is 4.96. The van der Waals surface area contributed by atoms with Crippen LogP contribution in [-0.4, -0.2) is 20.2 Å². The van der Waals surface area contributed by atoms with Gasteiger partial charge in [-0.2, -0.15) is 5.10 Å². The lowest BCUT2D eigenvalue weighted by atomic mass is 10.1. The summed E-state index contributed by atoms with van der Waals surface area (Å²) in [5.74, 6) is 0.0601. The average molecular weight is 229 g/mol. The van der Waals surface area contributed by atoms with Crippen LogP contribution < -0.4 is 5.73 Å². The van der Waals surface area contributed by atoms with E-state index in [1.54, 1.807) is 12.1 Å². The van der Waals surface area contributed by atoms with Gasteiger partial charge in [0, 0.05) is 5.56 Å². The molecule has 0 saturated carbocycles. The summed E-state index contributed by atoms with van der Waals surface area (Å²) in [7, 11) is 0. The van der Waals surface area contributed by atoms with Crippen molar-refractivity contribution in [2.24, 2.45) is 0 Å². The van der Waals surface area contributed by atoms with E-state index in [0.29, 0.717) is 22.5 Å². The number of benzene rings is 1. The summed E-state index contributed by atoms with van der Waals surface area (Å²) in [6, 6.07) is 6.05. The summed E-state index contributed by atoms with van der Waals surface area (Å²) < 4.78 is 12.8. The van der Waals surface area contributed by atoms with Crippen LogP contribution in [0, 0.1) is 5.82 Å². The predicted octanol–water partition coefficient (Wildman–Crippen LogP) is 1.74. The van der Waals surface area contributed by atoms with Gasteiger partial charge in [0.15, 0.2) is 5.65 Å². The average Bonchev–Trinajstić information content (AvgIpc) is 2.75. The number of aromatic nitrogens is 4. The maximum atomic E-state index is 12.8. The third-order valence-corrected chi connectivity index (χ3v) is 2.51. The number of hydrogen-bond donors (Lipinski definition) is 2. The van der Waals surface area contributed by atoms with Crippen molar-refractivity contribution in [3.8, 4) is 11.3 Å². The lowest BCUT2D eigenvalue weighted by molar-refractivity contribution is 0.628. The fourth-order valence-corrected chi connectivity index (χ4v) is 1.70.